The van der Waals surface area contributed by atoms with Crippen LogP contribution in [-0.4, -0.2) is 104 Å². The topological polar surface area (TPSA) is 175 Å². The zero-order valence-electron chi connectivity index (χ0n) is 40.9. The van der Waals surface area contributed by atoms with Gasteiger partial charge in [0, 0.05) is 71.9 Å². The van der Waals surface area contributed by atoms with Crippen molar-refractivity contribution in [1.82, 2.24) is 39.7 Å². The molecule has 0 atom stereocenters. The average Bonchev–Trinajstić information content (AvgIpc) is 3.76. The van der Waals surface area contributed by atoms with Crippen LogP contribution in [0.3, 0.4) is 0 Å². The first-order chi connectivity index (χ1) is 33.1. The highest BCUT2D eigenvalue weighted by Crippen LogP contribution is 2.55. The van der Waals surface area contributed by atoms with Crippen LogP contribution in [0, 0.1) is 38.7 Å². The van der Waals surface area contributed by atoms with Gasteiger partial charge in [-0.2, -0.15) is 18.6 Å². The summed E-state index contributed by atoms with van der Waals surface area (Å²) in [6.07, 6.45) is 0.0246. The second kappa shape index (κ2) is 20.8. The minimum Gasteiger partial charge on any atom is -0.444 e. The molecule has 384 valence electrons. The van der Waals surface area contributed by atoms with Crippen LogP contribution in [-0.2, 0) is 23.8 Å². The lowest BCUT2D eigenvalue weighted by molar-refractivity contribution is -0.115. The zero-order chi connectivity index (χ0) is 52.0. The molecule has 0 bridgehead atoms. The van der Waals surface area contributed by atoms with Crippen LogP contribution >= 0.6 is 45.2 Å². The molecule has 9 rings (SSSR count). The van der Waals surface area contributed by atoms with Gasteiger partial charge < -0.3 is 19.3 Å². The van der Waals surface area contributed by atoms with Gasteiger partial charge in [-0.1, -0.05) is 17.7 Å². The molecule has 4 aliphatic rings. The number of ether oxygens (including phenoxy) is 2. The Bertz CT molecular complexity index is 2840. The van der Waals surface area contributed by atoms with E-state index in [1.165, 1.54) is 4.68 Å². The Hall–Kier alpha value is -4.43. The highest BCUT2D eigenvalue weighted by Gasteiger charge is 2.57. The SMILES string of the molecule is Cc1ccc(S(=O)(=O)OC2CC3(C2)CN(C(=O)OC(C)(C)C)C3)cc1.Cc1ncccc1-c1n[nH]c(C(F)F)c1I.Cc1ncccc1-c1nn(C2CC3(C2)CN(C(=O)OC(C)(C)C)C3)c(C(F)F)c1I. The number of likely N-dealkylation sites (tertiary alicyclic amines) is 2. The van der Waals surface area contributed by atoms with Gasteiger partial charge in [0.15, 0.2) is 0 Å². The van der Waals surface area contributed by atoms with Crippen LogP contribution in [0.15, 0.2) is 65.8 Å². The molecule has 2 aliphatic heterocycles. The number of amides is 2. The van der Waals surface area contributed by atoms with Crippen molar-refractivity contribution >= 4 is 67.5 Å². The van der Waals surface area contributed by atoms with Crippen molar-refractivity contribution in [3.8, 4) is 22.5 Å². The third kappa shape index (κ3) is 12.5. The molecule has 15 nitrogen and oxygen atoms in total. The number of aromatic amines is 1. The summed E-state index contributed by atoms with van der Waals surface area (Å²) in [5, 5.41) is 10.9. The molecule has 1 aromatic carbocycles. The van der Waals surface area contributed by atoms with Crippen molar-refractivity contribution in [2.75, 3.05) is 26.2 Å². The van der Waals surface area contributed by atoms with Gasteiger partial charge in [0.2, 0.25) is 0 Å². The maximum Gasteiger partial charge on any atom is 0.410 e. The number of benzene rings is 1. The number of carbonyl (C=O) groups is 2. The number of pyridine rings is 2. The molecule has 71 heavy (non-hydrogen) atoms. The first-order valence-electron chi connectivity index (χ1n) is 23.0. The Morgan fingerprint density at radius 2 is 1.20 bits per heavy atom. The lowest BCUT2D eigenvalue weighted by Gasteiger charge is -2.58. The molecule has 6 heterocycles. The minimum absolute atomic E-state index is 0.00956. The Kier molecular flexibility index (Phi) is 15.9. The molecule has 2 saturated carbocycles. The number of nitrogens with zero attached hydrogens (tertiary/aromatic N) is 7. The number of hydrogen-bond acceptors (Lipinski definition) is 11. The normalized spacial score (nSPS) is 18.1. The molecular weight excluding hydrogens is 1170 g/mol. The van der Waals surface area contributed by atoms with Gasteiger partial charge in [0.05, 0.1) is 24.2 Å². The van der Waals surface area contributed by atoms with Crippen molar-refractivity contribution in [3.63, 3.8) is 0 Å². The first kappa shape index (κ1) is 54.3. The fraction of sp³-hybridized carbons (Fsp3) is 0.510. The second-order valence-corrected chi connectivity index (χ2v) is 24.5. The number of rotatable bonds is 8. The summed E-state index contributed by atoms with van der Waals surface area (Å²) >= 11 is 3.84. The van der Waals surface area contributed by atoms with E-state index in [0.29, 0.717) is 57.5 Å². The van der Waals surface area contributed by atoms with E-state index >= 15 is 0 Å². The molecule has 2 spiro atoms. The number of aromatic nitrogens is 6. The Morgan fingerprint density at radius 3 is 1.63 bits per heavy atom. The first-order valence-corrected chi connectivity index (χ1v) is 26.5. The summed E-state index contributed by atoms with van der Waals surface area (Å²) in [5.74, 6) is 0. The Balaban J connectivity index is 0.000000164. The van der Waals surface area contributed by atoms with Crippen molar-refractivity contribution in [2.45, 2.75) is 129 Å². The largest absolute Gasteiger partial charge is 0.444 e. The number of alkyl halides is 4. The van der Waals surface area contributed by atoms with Gasteiger partial charge in [-0.15, -0.1) is 0 Å². The predicted molar refractivity (Wildman–Crippen MR) is 273 cm³/mol. The van der Waals surface area contributed by atoms with Crippen LogP contribution in [0.4, 0.5) is 27.2 Å². The lowest BCUT2D eigenvalue weighted by Crippen LogP contribution is -2.65. The fourth-order valence-electron chi connectivity index (χ4n) is 9.19. The van der Waals surface area contributed by atoms with Gasteiger partial charge in [-0.3, -0.25) is 23.9 Å². The molecule has 4 fully saturated rings. The van der Waals surface area contributed by atoms with E-state index in [4.69, 9.17) is 13.7 Å². The Morgan fingerprint density at radius 1 is 0.718 bits per heavy atom. The van der Waals surface area contributed by atoms with E-state index in [-0.39, 0.29) is 51.4 Å². The van der Waals surface area contributed by atoms with E-state index in [2.05, 4.69) is 25.3 Å². The maximum absolute atomic E-state index is 13.9. The Labute approximate surface area is 438 Å². The van der Waals surface area contributed by atoms with Gasteiger partial charge in [-0.25, -0.2) is 27.2 Å². The van der Waals surface area contributed by atoms with E-state index in [1.54, 1.807) is 58.6 Å². The third-order valence-corrected chi connectivity index (χ3v) is 16.1. The maximum atomic E-state index is 13.9. The zero-order valence-corrected chi connectivity index (χ0v) is 46.0. The van der Waals surface area contributed by atoms with Crippen LogP contribution < -0.4 is 0 Å². The quantitative estimate of drug-likeness (QED) is 0.0889. The molecule has 4 aromatic heterocycles. The minimum atomic E-state index is -3.73. The van der Waals surface area contributed by atoms with Crippen LogP contribution in [0.2, 0.25) is 0 Å². The second-order valence-electron chi connectivity index (χ2n) is 20.8. The van der Waals surface area contributed by atoms with Gasteiger partial charge in [0.25, 0.3) is 23.0 Å². The van der Waals surface area contributed by atoms with E-state index < -0.39 is 34.2 Å². The van der Waals surface area contributed by atoms with Gasteiger partial charge in [-0.05, 0) is 170 Å². The van der Waals surface area contributed by atoms with Crippen molar-refractivity contribution in [1.29, 1.82) is 0 Å². The molecule has 2 amide bonds. The number of aryl methyl sites for hydroxylation is 3. The summed E-state index contributed by atoms with van der Waals surface area (Å²) in [4.78, 5) is 36.1. The van der Waals surface area contributed by atoms with Crippen molar-refractivity contribution in [3.05, 3.63) is 96.4 Å². The fourth-order valence-corrected chi connectivity index (χ4v) is 11.9. The highest BCUT2D eigenvalue weighted by atomic mass is 127. The number of halogens is 6. The lowest BCUT2D eigenvalue weighted by atomic mass is 9.61. The summed E-state index contributed by atoms with van der Waals surface area (Å²) in [6.45, 7) is 19.0. The molecule has 1 N–H and O–H groups in total. The van der Waals surface area contributed by atoms with Crippen molar-refractivity contribution < 1.29 is 49.2 Å². The number of carbonyl (C=O) groups excluding carboxylic acids is 2. The van der Waals surface area contributed by atoms with Crippen LogP contribution in [0.1, 0.15) is 114 Å². The van der Waals surface area contributed by atoms with Gasteiger partial charge >= 0.3 is 12.2 Å². The van der Waals surface area contributed by atoms with Crippen LogP contribution in [0.25, 0.3) is 22.5 Å². The number of nitrogens with one attached hydrogen (secondary N) is 1. The number of H-pyrrole nitrogens is 1. The number of hydrogen-bond donors (Lipinski definition) is 1. The molecule has 0 radical (unpaired) electrons. The monoisotopic (exact) mass is 1230 g/mol. The van der Waals surface area contributed by atoms with Gasteiger partial charge in [0.1, 0.15) is 34.0 Å². The molecular formula is C49H58F4I2N8O7S. The van der Waals surface area contributed by atoms with E-state index in [1.807, 2.05) is 120 Å². The molecule has 5 aromatic rings. The average molecular weight is 1230 g/mol. The molecule has 2 aliphatic carbocycles. The smallest absolute Gasteiger partial charge is 0.410 e. The summed E-state index contributed by atoms with van der Waals surface area (Å²) in [7, 11) is -3.73. The van der Waals surface area contributed by atoms with E-state index in [0.717, 1.165) is 40.9 Å². The molecule has 22 heteroatoms. The molecule has 2 saturated heterocycles. The van der Waals surface area contributed by atoms with E-state index in [9.17, 15) is 35.6 Å². The summed E-state index contributed by atoms with van der Waals surface area (Å²) < 4.78 is 96.0. The third-order valence-electron chi connectivity index (χ3n) is 12.6. The van der Waals surface area contributed by atoms with Crippen LogP contribution in [0.5, 0.6) is 0 Å². The summed E-state index contributed by atoms with van der Waals surface area (Å²) in [6, 6.07) is 13.8. The summed E-state index contributed by atoms with van der Waals surface area (Å²) in [5.41, 5.74) is 3.94. The molecule has 0 unspecified atom stereocenters. The standard InChI is InChI=1S/C21H25F2IN4O2.C18H25NO5S.C10H8F2IN3/c1-12-14(6-5-7-25-12)16-15(24)17(18(22)23)28(26-16)13-8-21(9-13)10-27(11-21)19(29)30-20(2,3)4;1-13-5-7-15(8-6-13)25(21,22)24-14-9-18(10-14)11-19(12-18)16(20)23-17(2,3)4;1-5-6(3-2-4-14-5)8-7(13)9(10(11)12)16-15-8/h5-7,13,18H,8-11H2,1-4H3;5-8,14H,9-12H2,1-4H3;2-4,10H,1H3,(H,15,16). The highest BCUT2D eigenvalue weighted by molar-refractivity contribution is 14.1. The van der Waals surface area contributed by atoms with Crippen molar-refractivity contribution in [2.24, 2.45) is 10.8 Å². The predicted octanol–water partition coefficient (Wildman–Crippen LogP) is 11.8.